The van der Waals surface area contributed by atoms with Crippen molar-refractivity contribution >= 4 is 11.7 Å². The number of carbonyl (C=O) groups excluding carboxylic acids is 2. The van der Waals surface area contributed by atoms with Gasteiger partial charge in [0, 0.05) is 30.8 Å². The maximum Gasteiger partial charge on any atom is 0.274 e. The van der Waals surface area contributed by atoms with E-state index in [1.165, 1.54) is 6.20 Å². The first-order chi connectivity index (χ1) is 11.1. The summed E-state index contributed by atoms with van der Waals surface area (Å²) in [7, 11) is 0. The van der Waals surface area contributed by atoms with Gasteiger partial charge < -0.3 is 4.90 Å². The Morgan fingerprint density at radius 3 is 2.35 bits per heavy atom. The van der Waals surface area contributed by atoms with E-state index in [4.69, 9.17) is 0 Å². The van der Waals surface area contributed by atoms with Gasteiger partial charge in [-0.1, -0.05) is 30.3 Å². The molecular formula is C18H19N3O2. The Hall–Kier alpha value is -2.56. The van der Waals surface area contributed by atoms with Crippen molar-refractivity contribution in [1.29, 1.82) is 0 Å². The first-order valence-corrected chi connectivity index (χ1v) is 7.82. The summed E-state index contributed by atoms with van der Waals surface area (Å²) in [5.41, 5.74) is 1.90. The van der Waals surface area contributed by atoms with Gasteiger partial charge in [-0.05, 0) is 19.8 Å². The molecule has 1 aliphatic rings. The maximum atomic E-state index is 12.5. The topological polar surface area (TPSA) is 63.2 Å². The SMILES string of the molecule is Cc1cnc(C(=O)N2CCC(C(=O)c3ccccc3)CC2)cn1. The predicted octanol–water partition coefficient (Wildman–Crippen LogP) is 2.52. The lowest BCUT2D eigenvalue weighted by molar-refractivity contribution is 0.0645. The highest BCUT2D eigenvalue weighted by atomic mass is 16.2. The Morgan fingerprint density at radius 1 is 1.04 bits per heavy atom. The number of aryl methyl sites for hydroxylation is 1. The largest absolute Gasteiger partial charge is 0.337 e. The van der Waals surface area contributed by atoms with Crippen molar-refractivity contribution in [1.82, 2.24) is 14.9 Å². The molecule has 0 bridgehead atoms. The fourth-order valence-corrected chi connectivity index (χ4v) is 2.85. The molecule has 0 saturated carbocycles. The van der Waals surface area contributed by atoms with Crippen LogP contribution in [0, 0.1) is 12.8 Å². The zero-order chi connectivity index (χ0) is 16.2. The molecule has 1 amide bonds. The molecule has 5 nitrogen and oxygen atoms in total. The van der Waals surface area contributed by atoms with Gasteiger partial charge in [0.25, 0.3) is 5.91 Å². The Balaban J connectivity index is 1.61. The van der Waals surface area contributed by atoms with Gasteiger partial charge in [0.15, 0.2) is 5.78 Å². The molecule has 0 spiro atoms. The standard InChI is InChI=1S/C18H19N3O2/c1-13-11-20-16(12-19-13)18(23)21-9-7-15(8-10-21)17(22)14-5-3-2-4-6-14/h2-6,11-12,15H,7-10H2,1H3. The van der Waals surface area contributed by atoms with Gasteiger partial charge in [-0.25, -0.2) is 4.98 Å². The van der Waals surface area contributed by atoms with Gasteiger partial charge in [0.05, 0.1) is 11.9 Å². The van der Waals surface area contributed by atoms with Gasteiger partial charge in [0.2, 0.25) is 0 Å². The Kier molecular flexibility index (Phi) is 4.46. The maximum absolute atomic E-state index is 12.5. The van der Waals surface area contributed by atoms with Gasteiger partial charge in [-0.15, -0.1) is 0 Å². The summed E-state index contributed by atoms with van der Waals surface area (Å²) < 4.78 is 0. The van der Waals surface area contributed by atoms with Crippen LogP contribution in [0.25, 0.3) is 0 Å². The number of Topliss-reactive ketones (excluding diaryl/α,β-unsaturated/α-hetero) is 1. The van der Waals surface area contributed by atoms with Crippen LogP contribution in [-0.4, -0.2) is 39.6 Å². The number of hydrogen-bond acceptors (Lipinski definition) is 4. The number of aromatic nitrogens is 2. The third kappa shape index (κ3) is 3.44. The van der Waals surface area contributed by atoms with E-state index in [0.717, 1.165) is 11.3 Å². The van der Waals surface area contributed by atoms with Crippen LogP contribution in [0.3, 0.4) is 0 Å². The van der Waals surface area contributed by atoms with E-state index in [0.29, 0.717) is 31.6 Å². The van der Waals surface area contributed by atoms with Crippen molar-refractivity contribution in [3.05, 3.63) is 59.7 Å². The summed E-state index contributed by atoms with van der Waals surface area (Å²) in [5.74, 6) is 0.0569. The number of piperidine rings is 1. The second-order valence-corrected chi connectivity index (χ2v) is 5.84. The molecule has 2 aromatic rings. The highest BCUT2D eigenvalue weighted by Gasteiger charge is 2.28. The van der Waals surface area contributed by atoms with Crippen molar-refractivity contribution in [3.63, 3.8) is 0 Å². The zero-order valence-corrected chi connectivity index (χ0v) is 13.1. The smallest absolute Gasteiger partial charge is 0.274 e. The molecule has 23 heavy (non-hydrogen) atoms. The minimum atomic E-state index is -0.108. The Labute approximate surface area is 135 Å². The van der Waals surface area contributed by atoms with Crippen molar-refractivity contribution < 1.29 is 9.59 Å². The van der Waals surface area contributed by atoms with Crippen molar-refractivity contribution in [2.45, 2.75) is 19.8 Å². The lowest BCUT2D eigenvalue weighted by atomic mass is 9.89. The molecule has 5 heteroatoms. The fraction of sp³-hybridized carbons (Fsp3) is 0.333. The molecular weight excluding hydrogens is 290 g/mol. The molecule has 1 saturated heterocycles. The average molecular weight is 309 g/mol. The second kappa shape index (κ2) is 6.69. The zero-order valence-electron chi connectivity index (χ0n) is 13.1. The average Bonchev–Trinajstić information content (AvgIpc) is 2.62. The quantitative estimate of drug-likeness (QED) is 0.817. The first kappa shape index (κ1) is 15.3. The minimum absolute atomic E-state index is 0.00875. The molecule has 0 aliphatic carbocycles. The molecule has 0 unspecified atom stereocenters. The third-order valence-electron chi connectivity index (χ3n) is 4.21. The van der Waals surface area contributed by atoms with Crippen molar-refractivity contribution in [2.24, 2.45) is 5.92 Å². The molecule has 118 valence electrons. The first-order valence-electron chi connectivity index (χ1n) is 7.82. The number of likely N-dealkylation sites (tertiary alicyclic amines) is 1. The molecule has 0 N–H and O–H groups in total. The summed E-state index contributed by atoms with van der Waals surface area (Å²) in [5, 5.41) is 0. The number of rotatable bonds is 3. The Bertz CT molecular complexity index is 690. The van der Waals surface area contributed by atoms with Crippen LogP contribution in [0.2, 0.25) is 0 Å². The van der Waals surface area contributed by atoms with E-state index in [9.17, 15) is 9.59 Å². The summed E-state index contributed by atoms with van der Waals surface area (Å²) in [6.07, 6.45) is 4.50. The second-order valence-electron chi connectivity index (χ2n) is 5.84. The molecule has 1 aromatic carbocycles. The highest BCUT2D eigenvalue weighted by Crippen LogP contribution is 2.22. The summed E-state index contributed by atoms with van der Waals surface area (Å²) >= 11 is 0. The van der Waals surface area contributed by atoms with Crippen molar-refractivity contribution in [2.75, 3.05) is 13.1 Å². The molecule has 0 radical (unpaired) electrons. The van der Waals surface area contributed by atoms with E-state index in [1.807, 2.05) is 37.3 Å². The molecule has 1 aromatic heterocycles. The number of amides is 1. The van der Waals surface area contributed by atoms with Crippen LogP contribution in [0.4, 0.5) is 0 Å². The molecule has 3 rings (SSSR count). The lowest BCUT2D eigenvalue weighted by Crippen LogP contribution is -2.40. The van der Waals surface area contributed by atoms with Crippen molar-refractivity contribution in [3.8, 4) is 0 Å². The van der Waals surface area contributed by atoms with Gasteiger partial charge >= 0.3 is 0 Å². The van der Waals surface area contributed by atoms with Crippen LogP contribution in [0.15, 0.2) is 42.7 Å². The van der Waals surface area contributed by atoms with Crippen LogP contribution < -0.4 is 0 Å². The summed E-state index contributed by atoms with van der Waals surface area (Å²) in [6.45, 7) is 3.00. The Morgan fingerprint density at radius 2 is 1.74 bits per heavy atom. The fourth-order valence-electron chi connectivity index (χ4n) is 2.85. The van der Waals surface area contributed by atoms with Crippen LogP contribution in [0.5, 0.6) is 0 Å². The van der Waals surface area contributed by atoms with Crippen LogP contribution in [-0.2, 0) is 0 Å². The lowest BCUT2D eigenvalue weighted by Gasteiger charge is -2.31. The number of ketones is 1. The normalized spacial score (nSPS) is 15.4. The third-order valence-corrected chi connectivity index (χ3v) is 4.21. The number of carbonyl (C=O) groups is 2. The monoisotopic (exact) mass is 309 g/mol. The van der Waals surface area contributed by atoms with E-state index >= 15 is 0 Å². The van der Waals surface area contributed by atoms with Gasteiger partial charge in [-0.2, -0.15) is 0 Å². The molecule has 0 atom stereocenters. The number of benzene rings is 1. The van der Waals surface area contributed by atoms with E-state index < -0.39 is 0 Å². The minimum Gasteiger partial charge on any atom is -0.337 e. The number of hydrogen-bond donors (Lipinski definition) is 0. The highest BCUT2D eigenvalue weighted by molar-refractivity contribution is 5.98. The van der Waals surface area contributed by atoms with Crippen LogP contribution in [0.1, 0.15) is 39.4 Å². The van der Waals surface area contributed by atoms with E-state index in [2.05, 4.69) is 9.97 Å². The number of nitrogens with zero attached hydrogens (tertiary/aromatic N) is 3. The van der Waals surface area contributed by atoms with Gasteiger partial charge in [-0.3, -0.25) is 14.6 Å². The predicted molar refractivity (Wildman–Crippen MR) is 86.2 cm³/mol. The van der Waals surface area contributed by atoms with Gasteiger partial charge in [0.1, 0.15) is 5.69 Å². The van der Waals surface area contributed by atoms with E-state index in [1.54, 1.807) is 11.1 Å². The molecule has 2 heterocycles. The summed E-state index contributed by atoms with van der Waals surface area (Å²) in [4.78, 5) is 34.9. The van der Waals surface area contributed by atoms with Crippen LogP contribution >= 0.6 is 0 Å². The molecule has 1 aliphatic heterocycles. The van der Waals surface area contributed by atoms with E-state index in [-0.39, 0.29) is 17.6 Å². The summed E-state index contributed by atoms with van der Waals surface area (Å²) in [6, 6.07) is 9.36. The molecule has 1 fully saturated rings.